The molecule has 0 fully saturated rings. The molecule has 3 heterocycles. The zero-order valence-corrected chi connectivity index (χ0v) is 17.0. The summed E-state index contributed by atoms with van der Waals surface area (Å²) in [5.74, 6) is 2.18. The van der Waals surface area contributed by atoms with Crippen LogP contribution in [0.2, 0.25) is 0 Å². The van der Waals surface area contributed by atoms with Gasteiger partial charge in [-0.25, -0.2) is 4.98 Å². The molecule has 1 amide bonds. The number of aromatic nitrogens is 3. The number of nitrogens with zero attached hydrogens (tertiary/aromatic N) is 6. The highest BCUT2D eigenvalue weighted by atomic mass is 16.5. The highest BCUT2D eigenvalue weighted by molar-refractivity contribution is 5.91. The largest absolute Gasteiger partial charge is 0.362 e. The van der Waals surface area contributed by atoms with E-state index in [0.717, 1.165) is 35.6 Å². The lowest BCUT2D eigenvalue weighted by Crippen LogP contribution is -2.37. The zero-order valence-electron chi connectivity index (χ0n) is 17.0. The lowest BCUT2D eigenvalue weighted by Gasteiger charge is -2.30. The lowest BCUT2D eigenvalue weighted by molar-refractivity contribution is 0.0689. The van der Waals surface area contributed by atoms with Crippen LogP contribution < -0.4 is 9.80 Å². The smallest absolute Gasteiger partial charge is 0.292 e. The Kier molecular flexibility index (Phi) is 5.34. The fraction of sp³-hybridized carbons (Fsp3) is 0.579. The Morgan fingerprint density at radius 1 is 1.22 bits per heavy atom. The van der Waals surface area contributed by atoms with Gasteiger partial charge in [-0.3, -0.25) is 4.79 Å². The summed E-state index contributed by atoms with van der Waals surface area (Å²) in [7, 11) is 7.78. The standard InChI is InChI=1S/C19H28N6O2/c1-12(2)9-13-10-16(27-22-13)18(26)25-8-7-14-15(11-25)20-19(24(5)6)21-17(14)23(3)4/h10,12H,7-9,11H2,1-6H3. The SMILES string of the molecule is CC(C)Cc1cc(C(=O)N2CCc3c(nc(N(C)C)nc3N(C)C)C2)on1. The van der Waals surface area contributed by atoms with Gasteiger partial charge in [0, 0.05) is 46.4 Å². The van der Waals surface area contributed by atoms with E-state index in [-0.39, 0.29) is 5.91 Å². The van der Waals surface area contributed by atoms with Gasteiger partial charge in [0.1, 0.15) is 5.82 Å². The molecular weight excluding hydrogens is 344 g/mol. The van der Waals surface area contributed by atoms with Gasteiger partial charge in [-0.05, 0) is 18.8 Å². The van der Waals surface area contributed by atoms with Crippen molar-refractivity contribution in [3.63, 3.8) is 0 Å². The second-order valence-corrected chi connectivity index (χ2v) is 7.82. The predicted octanol–water partition coefficient (Wildman–Crippen LogP) is 1.99. The average molecular weight is 372 g/mol. The Balaban J connectivity index is 1.85. The van der Waals surface area contributed by atoms with Crippen LogP contribution >= 0.6 is 0 Å². The summed E-state index contributed by atoms with van der Waals surface area (Å²) in [6, 6.07) is 1.76. The number of hydrogen-bond donors (Lipinski definition) is 0. The molecule has 0 bridgehead atoms. The van der Waals surface area contributed by atoms with E-state index in [0.29, 0.717) is 30.7 Å². The number of carbonyl (C=O) groups is 1. The van der Waals surface area contributed by atoms with Crippen molar-refractivity contribution in [3.05, 3.63) is 28.8 Å². The number of amides is 1. The monoisotopic (exact) mass is 372 g/mol. The van der Waals surface area contributed by atoms with E-state index in [1.165, 1.54) is 0 Å². The fourth-order valence-corrected chi connectivity index (χ4v) is 3.22. The van der Waals surface area contributed by atoms with E-state index in [2.05, 4.69) is 29.0 Å². The Bertz CT molecular complexity index is 828. The summed E-state index contributed by atoms with van der Waals surface area (Å²) in [5, 5.41) is 4.03. The third kappa shape index (κ3) is 4.04. The minimum absolute atomic E-state index is 0.139. The van der Waals surface area contributed by atoms with Gasteiger partial charge in [0.25, 0.3) is 5.91 Å². The van der Waals surface area contributed by atoms with E-state index < -0.39 is 0 Å². The fourth-order valence-electron chi connectivity index (χ4n) is 3.22. The maximum absolute atomic E-state index is 12.9. The van der Waals surface area contributed by atoms with Gasteiger partial charge in [-0.2, -0.15) is 4.98 Å². The number of hydrogen-bond acceptors (Lipinski definition) is 7. The van der Waals surface area contributed by atoms with Crippen molar-refractivity contribution < 1.29 is 9.32 Å². The Hall–Kier alpha value is -2.64. The molecule has 2 aromatic rings. The molecule has 0 unspecified atom stereocenters. The first kappa shape index (κ1) is 19.1. The van der Waals surface area contributed by atoms with Crippen LogP contribution in [0, 0.1) is 5.92 Å². The normalized spacial score (nSPS) is 13.7. The summed E-state index contributed by atoms with van der Waals surface area (Å²) in [6.45, 7) is 5.28. The molecule has 8 nitrogen and oxygen atoms in total. The Labute approximate surface area is 160 Å². The van der Waals surface area contributed by atoms with Crippen molar-refractivity contribution in [2.45, 2.75) is 33.2 Å². The van der Waals surface area contributed by atoms with Crippen LogP contribution in [0.1, 0.15) is 41.4 Å². The molecule has 3 rings (SSSR count). The summed E-state index contributed by atoms with van der Waals surface area (Å²) in [6.07, 6.45) is 1.51. The van der Waals surface area contributed by atoms with Gasteiger partial charge in [-0.15, -0.1) is 0 Å². The topological polar surface area (TPSA) is 78.6 Å². The summed E-state index contributed by atoms with van der Waals surface area (Å²) < 4.78 is 5.30. The third-order valence-corrected chi connectivity index (χ3v) is 4.53. The van der Waals surface area contributed by atoms with E-state index in [1.807, 2.05) is 38.0 Å². The van der Waals surface area contributed by atoms with Crippen LogP contribution in [-0.2, 0) is 19.4 Å². The second-order valence-electron chi connectivity index (χ2n) is 7.82. The zero-order chi connectivity index (χ0) is 19.7. The Morgan fingerprint density at radius 3 is 2.59 bits per heavy atom. The number of carbonyl (C=O) groups excluding carboxylic acids is 1. The average Bonchev–Trinajstić information content (AvgIpc) is 3.06. The van der Waals surface area contributed by atoms with Gasteiger partial charge < -0.3 is 19.2 Å². The first-order valence-electron chi connectivity index (χ1n) is 9.25. The maximum Gasteiger partial charge on any atom is 0.292 e. The lowest BCUT2D eigenvalue weighted by atomic mass is 10.0. The van der Waals surface area contributed by atoms with E-state index in [4.69, 9.17) is 4.52 Å². The molecule has 2 aromatic heterocycles. The molecule has 0 aromatic carbocycles. The van der Waals surface area contributed by atoms with Crippen LogP contribution in [0.15, 0.2) is 10.6 Å². The van der Waals surface area contributed by atoms with Crippen molar-refractivity contribution in [1.29, 1.82) is 0 Å². The predicted molar refractivity (Wildman–Crippen MR) is 104 cm³/mol. The molecule has 0 saturated heterocycles. The van der Waals surface area contributed by atoms with Crippen LogP contribution in [-0.4, -0.2) is 60.7 Å². The van der Waals surface area contributed by atoms with Crippen molar-refractivity contribution in [2.24, 2.45) is 5.92 Å². The van der Waals surface area contributed by atoms with Crippen LogP contribution in [0.25, 0.3) is 0 Å². The quantitative estimate of drug-likeness (QED) is 0.794. The molecule has 8 heteroatoms. The highest BCUT2D eigenvalue weighted by Gasteiger charge is 2.28. The van der Waals surface area contributed by atoms with Crippen molar-refractivity contribution in [1.82, 2.24) is 20.0 Å². The van der Waals surface area contributed by atoms with Gasteiger partial charge in [0.15, 0.2) is 0 Å². The maximum atomic E-state index is 12.9. The minimum Gasteiger partial charge on any atom is -0.362 e. The van der Waals surface area contributed by atoms with Crippen LogP contribution in [0.3, 0.4) is 0 Å². The molecule has 0 N–H and O–H groups in total. The number of anilines is 2. The second kappa shape index (κ2) is 7.54. The summed E-state index contributed by atoms with van der Waals surface area (Å²) in [5.41, 5.74) is 2.81. The van der Waals surface area contributed by atoms with Crippen molar-refractivity contribution in [2.75, 3.05) is 44.5 Å². The minimum atomic E-state index is -0.139. The summed E-state index contributed by atoms with van der Waals surface area (Å²) in [4.78, 5) is 27.9. The molecule has 0 radical (unpaired) electrons. The molecule has 0 spiro atoms. The molecule has 1 aliphatic heterocycles. The molecule has 0 aliphatic carbocycles. The first-order chi connectivity index (χ1) is 12.8. The Morgan fingerprint density at radius 2 is 1.96 bits per heavy atom. The van der Waals surface area contributed by atoms with Crippen molar-refractivity contribution in [3.8, 4) is 0 Å². The third-order valence-electron chi connectivity index (χ3n) is 4.53. The molecule has 146 valence electrons. The molecule has 0 saturated carbocycles. The van der Waals surface area contributed by atoms with Crippen LogP contribution in [0.5, 0.6) is 0 Å². The van der Waals surface area contributed by atoms with Gasteiger partial charge in [0.05, 0.1) is 17.9 Å². The van der Waals surface area contributed by atoms with E-state index >= 15 is 0 Å². The van der Waals surface area contributed by atoms with Gasteiger partial charge in [-0.1, -0.05) is 19.0 Å². The number of fused-ring (bicyclic) bond motifs is 1. The molecule has 1 aliphatic rings. The molecule has 0 atom stereocenters. The van der Waals surface area contributed by atoms with Crippen molar-refractivity contribution >= 4 is 17.7 Å². The highest BCUT2D eigenvalue weighted by Crippen LogP contribution is 2.28. The summed E-state index contributed by atoms with van der Waals surface area (Å²) >= 11 is 0. The number of rotatable bonds is 5. The molecule has 27 heavy (non-hydrogen) atoms. The van der Waals surface area contributed by atoms with Gasteiger partial charge >= 0.3 is 0 Å². The molecular formula is C19H28N6O2. The van der Waals surface area contributed by atoms with E-state index in [9.17, 15) is 4.79 Å². The van der Waals surface area contributed by atoms with E-state index in [1.54, 1.807) is 11.0 Å². The van der Waals surface area contributed by atoms with Crippen LogP contribution in [0.4, 0.5) is 11.8 Å². The van der Waals surface area contributed by atoms with Gasteiger partial charge in [0.2, 0.25) is 11.7 Å². The first-order valence-corrected chi connectivity index (χ1v) is 9.25.